The van der Waals surface area contributed by atoms with E-state index in [0.717, 1.165) is 30.6 Å². The van der Waals surface area contributed by atoms with Crippen LogP contribution in [0.4, 0.5) is 0 Å². The van der Waals surface area contributed by atoms with Crippen LogP contribution in [-0.2, 0) is 4.74 Å². The van der Waals surface area contributed by atoms with Gasteiger partial charge in [-0.25, -0.2) is 0 Å². The van der Waals surface area contributed by atoms with E-state index in [1.54, 1.807) is 0 Å². The highest BCUT2D eigenvalue weighted by atomic mass is 16.5. The van der Waals surface area contributed by atoms with E-state index in [-0.39, 0.29) is 6.10 Å². The van der Waals surface area contributed by atoms with Crippen LogP contribution in [0.1, 0.15) is 49.5 Å². The van der Waals surface area contributed by atoms with Gasteiger partial charge in [0.2, 0.25) is 0 Å². The zero-order valence-electron chi connectivity index (χ0n) is 12.6. The predicted molar refractivity (Wildman–Crippen MR) is 86.1 cm³/mol. The van der Waals surface area contributed by atoms with E-state index >= 15 is 0 Å². The molecule has 0 aliphatic rings. The largest absolute Gasteiger partial charge is 0.388 e. The molecule has 2 aromatic rings. The molecule has 0 aliphatic heterocycles. The first-order valence-electron chi connectivity index (χ1n) is 7.70. The Morgan fingerprint density at radius 3 is 2.05 bits per heavy atom. The number of aliphatic hydroxyl groups is 1. The van der Waals surface area contributed by atoms with Crippen LogP contribution in [0.2, 0.25) is 0 Å². The zero-order valence-corrected chi connectivity index (χ0v) is 12.6. The van der Waals surface area contributed by atoms with E-state index in [1.807, 2.05) is 48.5 Å². The highest BCUT2D eigenvalue weighted by Crippen LogP contribution is 2.29. The summed E-state index contributed by atoms with van der Waals surface area (Å²) in [7, 11) is 0. The summed E-state index contributed by atoms with van der Waals surface area (Å²) in [5.74, 6) is 0. The summed E-state index contributed by atoms with van der Waals surface area (Å²) < 4.78 is 6.00. The SMILES string of the molecule is CCCCOC(CC(O)c1ccccc1)c1ccccc1. The molecule has 0 radical (unpaired) electrons. The number of rotatable bonds is 8. The third kappa shape index (κ3) is 5.00. The van der Waals surface area contributed by atoms with Crippen molar-refractivity contribution in [2.45, 2.75) is 38.4 Å². The molecule has 0 fully saturated rings. The molecule has 0 amide bonds. The Hall–Kier alpha value is -1.64. The van der Waals surface area contributed by atoms with Crippen molar-refractivity contribution in [3.05, 3.63) is 71.8 Å². The number of hydrogen-bond acceptors (Lipinski definition) is 2. The average molecular weight is 284 g/mol. The Morgan fingerprint density at radius 1 is 0.905 bits per heavy atom. The van der Waals surface area contributed by atoms with Gasteiger partial charge >= 0.3 is 0 Å². The Labute approximate surface area is 127 Å². The molecule has 2 nitrogen and oxygen atoms in total. The molecule has 2 atom stereocenters. The summed E-state index contributed by atoms with van der Waals surface area (Å²) in [6, 6.07) is 19.9. The Bertz CT molecular complexity index is 495. The number of ether oxygens (including phenoxy) is 1. The molecule has 21 heavy (non-hydrogen) atoms. The molecular formula is C19H24O2. The molecule has 2 aromatic carbocycles. The lowest BCUT2D eigenvalue weighted by molar-refractivity contribution is 0.0105. The van der Waals surface area contributed by atoms with Crippen molar-refractivity contribution in [1.29, 1.82) is 0 Å². The summed E-state index contributed by atoms with van der Waals surface area (Å²) >= 11 is 0. The minimum atomic E-state index is -0.502. The van der Waals surface area contributed by atoms with E-state index in [2.05, 4.69) is 19.1 Å². The lowest BCUT2D eigenvalue weighted by atomic mass is 9.99. The first-order chi connectivity index (χ1) is 10.3. The van der Waals surface area contributed by atoms with Crippen molar-refractivity contribution < 1.29 is 9.84 Å². The van der Waals surface area contributed by atoms with Crippen molar-refractivity contribution in [3.63, 3.8) is 0 Å². The fourth-order valence-electron chi connectivity index (χ4n) is 2.35. The Balaban J connectivity index is 2.05. The fourth-order valence-corrected chi connectivity index (χ4v) is 2.35. The van der Waals surface area contributed by atoms with Gasteiger partial charge in [-0.3, -0.25) is 0 Å². The fraction of sp³-hybridized carbons (Fsp3) is 0.368. The second kappa shape index (κ2) is 8.60. The van der Waals surface area contributed by atoms with Gasteiger partial charge in [0.15, 0.2) is 0 Å². The van der Waals surface area contributed by atoms with E-state index < -0.39 is 6.10 Å². The number of unbranched alkanes of at least 4 members (excludes halogenated alkanes) is 1. The maximum absolute atomic E-state index is 10.4. The van der Waals surface area contributed by atoms with E-state index in [1.165, 1.54) is 0 Å². The monoisotopic (exact) mass is 284 g/mol. The molecule has 2 rings (SSSR count). The molecule has 0 bridgehead atoms. The molecule has 2 unspecified atom stereocenters. The minimum Gasteiger partial charge on any atom is -0.388 e. The van der Waals surface area contributed by atoms with Crippen molar-refractivity contribution in [3.8, 4) is 0 Å². The van der Waals surface area contributed by atoms with Crippen LogP contribution in [0.15, 0.2) is 60.7 Å². The second-order valence-corrected chi connectivity index (χ2v) is 5.29. The lowest BCUT2D eigenvalue weighted by Crippen LogP contribution is -2.10. The van der Waals surface area contributed by atoms with E-state index in [4.69, 9.17) is 4.74 Å². The molecular weight excluding hydrogens is 260 g/mol. The van der Waals surface area contributed by atoms with Crippen LogP contribution in [0, 0.1) is 0 Å². The van der Waals surface area contributed by atoms with Gasteiger partial charge < -0.3 is 9.84 Å². The third-order valence-electron chi connectivity index (χ3n) is 3.61. The smallest absolute Gasteiger partial charge is 0.0852 e. The average Bonchev–Trinajstić information content (AvgIpc) is 2.55. The summed E-state index contributed by atoms with van der Waals surface area (Å²) in [6.07, 6.45) is 2.18. The van der Waals surface area contributed by atoms with Gasteiger partial charge in [-0.15, -0.1) is 0 Å². The van der Waals surface area contributed by atoms with Crippen LogP contribution in [-0.4, -0.2) is 11.7 Å². The van der Waals surface area contributed by atoms with Crippen molar-refractivity contribution in [1.82, 2.24) is 0 Å². The van der Waals surface area contributed by atoms with Gasteiger partial charge in [0.05, 0.1) is 12.2 Å². The van der Waals surface area contributed by atoms with Gasteiger partial charge in [-0.2, -0.15) is 0 Å². The standard InChI is InChI=1S/C19H24O2/c1-2-3-14-21-19(17-12-8-5-9-13-17)15-18(20)16-10-6-4-7-11-16/h4-13,18-20H,2-3,14-15H2,1H3. The highest BCUT2D eigenvalue weighted by Gasteiger charge is 2.18. The van der Waals surface area contributed by atoms with Crippen LogP contribution < -0.4 is 0 Å². The quantitative estimate of drug-likeness (QED) is 0.714. The summed E-state index contributed by atoms with van der Waals surface area (Å²) in [5, 5.41) is 10.4. The summed E-state index contributed by atoms with van der Waals surface area (Å²) in [6.45, 7) is 2.89. The Kier molecular flexibility index (Phi) is 6.45. The maximum atomic E-state index is 10.4. The van der Waals surface area contributed by atoms with Crippen molar-refractivity contribution in [2.24, 2.45) is 0 Å². The second-order valence-electron chi connectivity index (χ2n) is 5.29. The molecule has 112 valence electrons. The lowest BCUT2D eigenvalue weighted by Gasteiger charge is -2.21. The normalized spacial score (nSPS) is 13.8. The van der Waals surface area contributed by atoms with Gasteiger partial charge in [-0.1, -0.05) is 74.0 Å². The molecule has 1 N–H and O–H groups in total. The van der Waals surface area contributed by atoms with E-state index in [0.29, 0.717) is 6.42 Å². The first-order valence-corrected chi connectivity index (χ1v) is 7.70. The van der Waals surface area contributed by atoms with Gasteiger partial charge in [-0.05, 0) is 17.5 Å². The third-order valence-corrected chi connectivity index (χ3v) is 3.61. The summed E-state index contributed by atoms with van der Waals surface area (Å²) in [4.78, 5) is 0. The molecule has 0 saturated carbocycles. The molecule has 2 heteroatoms. The maximum Gasteiger partial charge on any atom is 0.0852 e. The predicted octanol–water partition coefficient (Wildman–Crippen LogP) is 4.67. The van der Waals surface area contributed by atoms with Crippen LogP contribution in [0.5, 0.6) is 0 Å². The zero-order chi connectivity index (χ0) is 14.9. The Morgan fingerprint density at radius 2 is 1.48 bits per heavy atom. The molecule has 0 aromatic heterocycles. The molecule has 0 heterocycles. The van der Waals surface area contributed by atoms with Gasteiger partial charge in [0, 0.05) is 13.0 Å². The summed E-state index contributed by atoms with van der Waals surface area (Å²) in [5.41, 5.74) is 2.07. The number of aliphatic hydroxyl groups excluding tert-OH is 1. The number of hydrogen-bond donors (Lipinski definition) is 1. The molecule has 0 spiro atoms. The van der Waals surface area contributed by atoms with Crippen molar-refractivity contribution in [2.75, 3.05) is 6.61 Å². The highest BCUT2D eigenvalue weighted by molar-refractivity contribution is 5.21. The molecule has 0 saturated heterocycles. The topological polar surface area (TPSA) is 29.5 Å². The van der Waals surface area contributed by atoms with Crippen LogP contribution >= 0.6 is 0 Å². The van der Waals surface area contributed by atoms with E-state index in [9.17, 15) is 5.11 Å². The van der Waals surface area contributed by atoms with Crippen molar-refractivity contribution >= 4 is 0 Å². The van der Waals surface area contributed by atoms with Gasteiger partial charge in [0.25, 0.3) is 0 Å². The number of benzene rings is 2. The van der Waals surface area contributed by atoms with Crippen LogP contribution in [0.3, 0.4) is 0 Å². The minimum absolute atomic E-state index is 0.0621. The first kappa shape index (κ1) is 15.7. The van der Waals surface area contributed by atoms with Gasteiger partial charge in [0.1, 0.15) is 0 Å². The molecule has 0 aliphatic carbocycles. The van der Waals surface area contributed by atoms with Crippen LogP contribution in [0.25, 0.3) is 0 Å².